The fourth-order valence-electron chi connectivity index (χ4n) is 5.23. The maximum Gasteiger partial charge on any atom is 0.232 e. The predicted molar refractivity (Wildman–Crippen MR) is 132 cm³/mol. The molecule has 36 heavy (non-hydrogen) atoms. The quantitative estimate of drug-likeness (QED) is 0.522. The van der Waals surface area contributed by atoms with Crippen molar-refractivity contribution >= 4 is 5.88 Å². The Balaban J connectivity index is 1.38. The van der Waals surface area contributed by atoms with Gasteiger partial charge in [0, 0.05) is 64.5 Å². The van der Waals surface area contributed by atoms with E-state index in [0.717, 1.165) is 69.2 Å². The van der Waals surface area contributed by atoms with Crippen molar-refractivity contribution in [1.82, 2.24) is 15.0 Å². The zero-order valence-electron chi connectivity index (χ0n) is 20.8. The van der Waals surface area contributed by atoms with Gasteiger partial charge in [-0.3, -0.25) is 9.80 Å². The van der Waals surface area contributed by atoms with Crippen molar-refractivity contribution in [3.8, 4) is 11.3 Å². The summed E-state index contributed by atoms with van der Waals surface area (Å²) in [7, 11) is 0. The highest BCUT2D eigenvalue weighted by molar-refractivity contribution is 5.68. The first kappa shape index (κ1) is 25.6. The molecule has 2 atom stereocenters. The standard InChI is InChI=1S/C26H37FN4O5/c27-21-5-3-20(4-6-21)25-24(26(36-28-25)31-9-14-34-15-10-31)19-30(18-23-2-1-11-35-23)17-22(32)16-29-7-12-33-13-8-29/h3-6,22-23,32H,1-2,7-19H2/t22-,23+/m0/s1. The highest BCUT2D eigenvalue weighted by atomic mass is 19.1. The average Bonchev–Trinajstić information content (AvgIpc) is 3.56. The average molecular weight is 505 g/mol. The maximum absolute atomic E-state index is 13.6. The van der Waals surface area contributed by atoms with Crippen LogP contribution in [-0.2, 0) is 20.8 Å². The summed E-state index contributed by atoms with van der Waals surface area (Å²) in [4.78, 5) is 6.67. The van der Waals surface area contributed by atoms with Gasteiger partial charge in [-0.05, 0) is 37.1 Å². The van der Waals surface area contributed by atoms with Crippen molar-refractivity contribution in [2.45, 2.75) is 31.6 Å². The van der Waals surface area contributed by atoms with E-state index in [1.165, 1.54) is 12.1 Å². The summed E-state index contributed by atoms with van der Waals surface area (Å²) in [6, 6.07) is 6.35. The highest BCUT2D eigenvalue weighted by Gasteiger charge is 2.29. The Morgan fingerprint density at radius 2 is 1.75 bits per heavy atom. The molecule has 5 rings (SSSR count). The Hall–Kier alpha value is -2.08. The molecule has 0 amide bonds. The van der Waals surface area contributed by atoms with Crippen LogP contribution in [0.4, 0.5) is 10.3 Å². The van der Waals surface area contributed by atoms with E-state index in [-0.39, 0.29) is 11.9 Å². The number of β-amino-alcohol motifs (C(OH)–C–C–N with tert-alkyl or cyclic N) is 1. The zero-order chi connectivity index (χ0) is 24.7. The molecule has 9 nitrogen and oxygen atoms in total. The van der Waals surface area contributed by atoms with Crippen LogP contribution in [0, 0.1) is 5.82 Å². The van der Waals surface area contributed by atoms with Crippen LogP contribution >= 0.6 is 0 Å². The summed E-state index contributed by atoms with van der Waals surface area (Å²) < 4.78 is 36.5. The van der Waals surface area contributed by atoms with E-state index in [0.29, 0.717) is 51.8 Å². The summed E-state index contributed by atoms with van der Waals surface area (Å²) in [5.41, 5.74) is 2.46. The number of anilines is 1. The number of halogens is 1. The van der Waals surface area contributed by atoms with E-state index in [2.05, 4.69) is 19.9 Å². The van der Waals surface area contributed by atoms with Crippen LogP contribution in [0.15, 0.2) is 28.8 Å². The van der Waals surface area contributed by atoms with Gasteiger partial charge in [-0.2, -0.15) is 0 Å². The smallest absolute Gasteiger partial charge is 0.232 e. The second-order valence-corrected chi connectivity index (χ2v) is 9.82. The summed E-state index contributed by atoms with van der Waals surface area (Å²) in [6.45, 7) is 8.94. The molecule has 10 heteroatoms. The zero-order valence-corrected chi connectivity index (χ0v) is 20.8. The lowest BCUT2D eigenvalue weighted by atomic mass is 10.1. The third-order valence-corrected chi connectivity index (χ3v) is 7.09. The molecule has 0 bridgehead atoms. The lowest BCUT2D eigenvalue weighted by Gasteiger charge is -2.32. The number of nitrogens with zero attached hydrogens (tertiary/aromatic N) is 4. The normalized spacial score (nSPS) is 22.4. The number of ether oxygens (including phenoxy) is 3. The fraction of sp³-hybridized carbons (Fsp3) is 0.654. The number of rotatable bonds is 10. The number of hydrogen-bond acceptors (Lipinski definition) is 9. The lowest BCUT2D eigenvalue weighted by Crippen LogP contribution is -2.45. The maximum atomic E-state index is 13.6. The first-order valence-corrected chi connectivity index (χ1v) is 13.0. The van der Waals surface area contributed by atoms with Gasteiger partial charge in [0.05, 0.1) is 44.2 Å². The SMILES string of the molecule is O[C@@H](CN1CCOCC1)CN(Cc1c(-c2ccc(F)cc2)noc1N1CCOCC1)C[C@H]1CCCO1. The number of benzene rings is 1. The predicted octanol–water partition coefficient (Wildman–Crippen LogP) is 1.99. The molecule has 0 saturated carbocycles. The topological polar surface area (TPSA) is 83.7 Å². The monoisotopic (exact) mass is 504 g/mol. The Morgan fingerprint density at radius 3 is 2.44 bits per heavy atom. The summed E-state index contributed by atoms with van der Waals surface area (Å²) in [6.07, 6.45) is 1.70. The number of aromatic nitrogens is 1. The molecule has 1 aromatic heterocycles. The minimum Gasteiger partial charge on any atom is -0.390 e. The third-order valence-electron chi connectivity index (χ3n) is 7.09. The van der Waals surface area contributed by atoms with Gasteiger partial charge in [0.25, 0.3) is 0 Å². The molecule has 198 valence electrons. The summed E-state index contributed by atoms with van der Waals surface area (Å²) >= 11 is 0. The number of hydrogen-bond donors (Lipinski definition) is 1. The van der Waals surface area contributed by atoms with Crippen LogP contribution in [0.5, 0.6) is 0 Å². The van der Waals surface area contributed by atoms with Crippen molar-refractivity contribution in [2.75, 3.05) is 83.7 Å². The van der Waals surface area contributed by atoms with Crippen LogP contribution in [0.25, 0.3) is 11.3 Å². The van der Waals surface area contributed by atoms with Gasteiger partial charge < -0.3 is 28.7 Å². The van der Waals surface area contributed by atoms with Gasteiger partial charge in [0.15, 0.2) is 0 Å². The molecule has 3 saturated heterocycles. The molecule has 1 N–H and O–H groups in total. The fourth-order valence-corrected chi connectivity index (χ4v) is 5.23. The molecule has 3 aliphatic heterocycles. The van der Waals surface area contributed by atoms with Gasteiger partial charge in [-0.25, -0.2) is 4.39 Å². The molecule has 0 radical (unpaired) electrons. The molecule has 0 aliphatic carbocycles. The van der Waals surface area contributed by atoms with Crippen LogP contribution in [0.1, 0.15) is 18.4 Å². The third kappa shape index (κ3) is 6.62. The highest BCUT2D eigenvalue weighted by Crippen LogP contribution is 2.33. The Bertz CT molecular complexity index is 940. The van der Waals surface area contributed by atoms with Gasteiger partial charge >= 0.3 is 0 Å². The first-order chi connectivity index (χ1) is 17.7. The van der Waals surface area contributed by atoms with Crippen molar-refractivity contribution in [3.05, 3.63) is 35.6 Å². The van der Waals surface area contributed by atoms with E-state index in [9.17, 15) is 9.50 Å². The molecule has 3 fully saturated rings. The molecule has 1 aromatic carbocycles. The molecule has 0 spiro atoms. The van der Waals surface area contributed by atoms with E-state index in [1.807, 2.05) is 0 Å². The largest absolute Gasteiger partial charge is 0.390 e. The van der Waals surface area contributed by atoms with E-state index < -0.39 is 6.10 Å². The van der Waals surface area contributed by atoms with Crippen molar-refractivity contribution < 1.29 is 28.2 Å². The second-order valence-electron chi connectivity index (χ2n) is 9.82. The Morgan fingerprint density at radius 1 is 1.03 bits per heavy atom. The van der Waals surface area contributed by atoms with E-state index in [4.69, 9.17) is 18.7 Å². The van der Waals surface area contributed by atoms with Gasteiger partial charge in [0.2, 0.25) is 5.88 Å². The minimum atomic E-state index is -0.509. The number of morpholine rings is 2. The summed E-state index contributed by atoms with van der Waals surface area (Å²) in [5.74, 6) is 0.432. The van der Waals surface area contributed by atoms with Gasteiger partial charge in [-0.1, -0.05) is 5.16 Å². The van der Waals surface area contributed by atoms with Gasteiger partial charge in [0.1, 0.15) is 11.5 Å². The van der Waals surface area contributed by atoms with E-state index in [1.54, 1.807) is 12.1 Å². The molecular weight excluding hydrogens is 467 g/mol. The van der Waals surface area contributed by atoms with Gasteiger partial charge in [-0.15, -0.1) is 0 Å². The Kier molecular flexibility index (Phi) is 8.84. The van der Waals surface area contributed by atoms with Crippen LogP contribution in [0.2, 0.25) is 0 Å². The molecule has 3 aliphatic rings. The van der Waals surface area contributed by atoms with Crippen LogP contribution < -0.4 is 4.90 Å². The number of aliphatic hydroxyl groups excluding tert-OH is 1. The minimum absolute atomic E-state index is 0.140. The van der Waals surface area contributed by atoms with Crippen molar-refractivity contribution in [1.29, 1.82) is 0 Å². The molecule has 2 aromatic rings. The molecule has 4 heterocycles. The van der Waals surface area contributed by atoms with Crippen LogP contribution in [0.3, 0.4) is 0 Å². The molecular formula is C26H37FN4O5. The van der Waals surface area contributed by atoms with Crippen molar-refractivity contribution in [2.24, 2.45) is 0 Å². The van der Waals surface area contributed by atoms with E-state index >= 15 is 0 Å². The molecule has 0 unspecified atom stereocenters. The van der Waals surface area contributed by atoms with Crippen LogP contribution in [-0.4, -0.2) is 111 Å². The second kappa shape index (κ2) is 12.4. The summed E-state index contributed by atoms with van der Waals surface area (Å²) in [5, 5.41) is 15.5. The Labute approximate surface area is 211 Å². The first-order valence-electron chi connectivity index (χ1n) is 13.0. The lowest BCUT2D eigenvalue weighted by molar-refractivity contribution is -0.000100. The number of aliphatic hydroxyl groups is 1. The van der Waals surface area contributed by atoms with Crippen molar-refractivity contribution in [3.63, 3.8) is 0 Å².